The summed E-state index contributed by atoms with van der Waals surface area (Å²) in [6.07, 6.45) is 3.29. The first-order valence-corrected chi connectivity index (χ1v) is 8.21. The molecule has 23 heavy (non-hydrogen) atoms. The zero-order valence-corrected chi connectivity index (χ0v) is 13.1. The third-order valence-electron chi connectivity index (χ3n) is 3.18. The molecular formula is C16H15F2O4P. The number of hydrogen-bond donors (Lipinski definition) is 2. The normalized spacial score (nSPS) is 12.6. The van der Waals surface area contributed by atoms with Crippen LogP contribution in [-0.4, -0.2) is 16.9 Å². The minimum atomic E-state index is -5.57. The summed E-state index contributed by atoms with van der Waals surface area (Å²) in [5, 5.41) is 0. The Balaban J connectivity index is 2.26. The molecule has 0 unspecified atom stereocenters. The lowest BCUT2D eigenvalue weighted by molar-refractivity contribution is 0.0564. The Labute approximate surface area is 132 Å². The van der Waals surface area contributed by atoms with Gasteiger partial charge in [-0.05, 0) is 29.3 Å². The molecule has 122 valence electrons. The van der Waals surface area contributed by atoms with E-state index in [0.717, 1.165) is 17.7 Å². The minimum Gasteiger partial charge on any atom is -0.497 e. The molecule has 4 nitrogen and oxygen atoms in total. The van der Waals surface area contributed by atoms with Gasteiger partial charge < -0.3 is 14.5 Å². The van der Waals surface area contributed by atoms with Crippen LogP contribution in [0, 0.1) is 0 Å². The summed E-state index contributed by atoms with van der Waals surface area (Å²) in [5.41, 5.74) is -3.69. The SMILES string of the molecule is COc1ccc(/C=C/c2cccc(C(F)(F)P(=O)(O)O)c2)cc1. The van der Waals surface area contributed by atoms with Crippen molar-refractivity contribution in [1.82, 2.24) is 0 Å². The average Bonchev–Trinajstić information content (AvgIpc) is 2.52. The minimum absolute atomic E-state index is 0.409. The Morgan fingerprint density at radius 1 is 1.04 bits per heavy atom. The highest BCUT2D eigenvalue weighted by molar-refractivity contribution is 7.52. The Kier molecular flexibility index (Phi) is 5.00. The van der Waals surface area contributed by atoms with Crippen molar-refractivity contribution in [2.45, 2.75) is 5.66 Å². The first-order chi connectivity index (χ1) is 10.7. The molecule has 0 aliphatic carbocycles. The smallest absolute Gasteiger partial charge is 0.399 e. The van der Waals surface area contributed by atoms with Crippen molar-refractivity contribution < 1.29 is 27.9 Å². The summed E-state index contributed by atoms with van der Waals surface area (Å²) in [4.78, 5) is 17.6. The van der Waals surface area contributed by atoms with Gasteiger partial charge in [0, 0.05) is 5.56 Å². The van der Waals surface area contributed by atoms with Crippen LogP contribution < -0.4 is 4.74 Å². The van der Waals surface area contributed by atoms with Crippen LogP contribution in [0.3, 0.4) is 0 Å². The van der Waals surface area contributed by atoms with Gasteiger partial charge in [-0.2, -0.15) is 8.78 Å². The number of ether oxygens (including phenoxy) is 1. The lowest BCUT2D eigenvalue weighted by Gasteiger charge is -2.18. The van der Waals surface area contributed by atoms with Crippen molar-refractivity contribution in [1.29, 1.82) is 0 Å². The standard InChI is InChI=1S/C16H15F2O4P/c1-22-15-9-7-12(8-10-15)5-6-13-3-2-4-14(11-13)16(17,18)23(19,20)21/h2-11H,1H3,(H2,19,20,21)/b6-5+. The monoisotopic (exact) mass is 340 g/mol. The number of halogens is 2. The van der Waals surface area contributed by atoms with Crippen LogP contribution in [0.15, 0.2) is 48.5 Å². The molecule has 2 aromatic rings. The summed E-state index contributed by atoms with van der Waals surface area (Å²) in [6, 6.07) is 12.1. The molecule has 2 rings (SSSR count). The van der Waals surface area contributed by atoms with Crippen molar-refractivity contribution in [2.24, 2.45) is 0 Å². The van der Waals surface area contributed by atoms with E-state index in [9.17, 15) is 13.3 Å². The highest BCUT2D eigenvalue weighted by atomic mass is 31.2. The van der Waals surface area contributed by atoms with Crippen molar-refractivity contribution in [2.75, 3.05) is 7.11 Å². The molecule has 0 fully saturated rings. The molecule has 0 saturated heterocycles. The summed E-state index contributed by atoms with van der Waals surface area (Å²) in [7, 11) is -4.01. The third-order valence-corrected chi connectivity index (χ3v) is 4.17. The topological polar surface area (TPSA) is 66.8 Å². The zero-order valence-electron chi connectivity index (χ0n) is 12.2. The predicted molar refractivity (Wildman–Crippen MR) is 84.3 cm³/mol. The second kappa shape index (κ2) is 6.62. The third kappa shape index (κ3) is 4.05. The Morgan fingerprint density at radius 2 is 1.65 bits per heavy atom. The van der Waals surface area contributed by atoms with E-state index in [4.69, 9.17) is 14.5 Å². The number of rotatable bonds is 5. The molecule has 0 amide bonds. The molecule has 0 aliphatic heterocycles. The van der Waals surface area contributed by atoms with Crippen LogP contribution in [-0.2, 0) is 10.2 Å². The van der Waals surface area contributed by atoms with E-state index < -0.39 is 18.8 Å². The van der Waals surface area contributed by atoms with Crippen molar-refractivity contribution in [3.63, 3.8) is 0 Å². The fraction of sp³-hybridized carbons (Fsp3) is 0.125. The fourth-order valence-electron chi connectivity index (χ4n) is 1.91. The lowest BCUT2D eigenvalue weighted by Crippen LogP contribution is -2.13. The van der Waals surface area contributed by atoms with Crippen LogP contribution >= 0.6 is 7.60 Å². The summed E-state index contributed by atoms with van der Waals surface area (Å²) >= 11 is 0. The fourth-order valence-corrected chi connectivity index (χ4v) is 2.38. The van der Waals surface area contributed by atoms with E-state index in [1.165, 1.54) is 6.07 Å². The molecule has 0 saturated carbocycles. The van der Waals surface area contributed by atoms with Gasteiger partial charge in [0.1, 0.15) is 5.75 Å². The first-order valence-electron chi connectivity index (χ1n) is 6.60. The number of methoxy groups -OCH3 is 1. The molecule has 0 bridgehead atoms. The van der Waals surface area contributed by atoms with Gasteiger partial charge in [-0.1, -0.05) is 42.5 Å². The maximum absolute atomic E-state index is 13.7. The van der Waals surface area contributed by atoms with Crippen molar-refractivity contribution in [3.8, 4) is 5.75 Å². The van der Waals surface area contributed by atoms with Crippen molar-refractivity contribution in [3.05, 3.63) is 65.2 Å². The first kappa shape index (κ1) is 17.3. The largest absolute Gasteiger partial charge is 0.497 e. The van der Waals surface area contributed by atoms with Gasteiger partial charge in [-0.15, -0.1) is 0 Å². The van der Waals surface area contributed by atoms with Crippen LogP contribution in [0.5, 0.6) is 5.75 Å². The van der Waals surface area contributed by atoms with Gasteiger partial charge in [0.05, 0.1) is 7.11 Å². The van der Waals surface area contributed by atoms with Crippen molar-refractivity contribution >= 4 is 19.7 Å². The summed E-state index contributed by atoms with van der Waals surface area (Å²) in [6.45, 7) is 0. The average molecular weight is 340 g/mol. The van der Waals surface area contributed by atoms with E-state index in [1.54, 1.807) is 49.6 Å². The molecule has 0 radical (unpaired) electrons. The second-order valence-electron chi connectivity index (χ2n) is 4.82. The number of hydrogen-bond acceptors (Lipinski definition) is 2. The number of alkyl halides is 2. The highest BCUT2D eigenvalue weighted by Crippen LogP contribution is 2.59. The van der Waals surface area contributed by atoms with Gasteiger partial charge in [-0.25, -0.2) is 0 Å². The molecule has 0 aromatic heterocycles. The Bertz CT molecular complexity index is 751. The predicted octanol–water partition coefficient (Wildman–Crippen LogP) is 4.09. The number of benzene rings is 2. The van der Waals surface area contributed by atoms with E-state index >= 15 is 0 Å². The van der Waals surface area contributed by atoms with E-state index in [-0.39, 0.29) is 0 Å². The van der Waals surface area contributed by atoms with E-state index in [2.05, 4.69) is 0 Å². The van der Waals surface area contributed by atoms with Gasteiger partial charge in [-0.3, -0.25) is 4.57 Å². The molecular weight excluding hydrogens is 325 g/mol. The van der Waals surface area contributed by atoms with Crippen LogP contribution in [0.2, 0.25) is 0 Å². The molecule has 0 aliphatic rings. The molecule has 7 heteroatoms. The van der Waals surface area contributed by atoms with Crippen LogP contribution in [0.1, 0.15) is 16.7 Å². The van der Waals surface area contributed by atoms with Gasteiger partial charge >= 0.3 is 13.3 Å². The lowest BCUT2D eigenvalue weighted by atomic mass is 10.1. The van der Waals surface area contributed by atoms with Gasteiger partial charge in [0.15, 0.2) is 0 Å². The Hall–Kier alpha value is -2.01. The summed E-state index contributed by atoms with van der Waals surface area (Å²) < 4.78 is 43.3. The quantitative estimate of drug-likeness (QED) is 0.635. The van der Waals surface area contributed by atoms with E-state index in [1.807, 2.05) is 0 Å². The van der Waals surface area contributed by atoms with Crippen LogP contribution in [0.4, 0.5) is 8.78 Å². The van der Waals surface area contributed by atoms with E-state index in [0.29, 0.717) is 11.3 Å². The molecule has 2 aromatic carbocycles. The summed E-state index contributed by atoms with van der Waals surface area (Å²) in [5.74, 6) is 0.699. The second-order valence-corrected chi connectivity index (χ2v) is 6.47. The maximum atomic E-state index is 13.7. The Morgan fingerprint density at radius 3 is 2.22 bits per heavy atom. The van der Waals surface area contributed by atoms with Crippen LogP contribution in [0.25, 0.3) is 12.2 Å². The highest BCUT2D eigenvalue weighted by Gasteiger charge is 2.50. The molecule has 2 N–H and O–H groups in total. The zero-order chi connectivity index (χ0) is 17.1. The van der Waals surface area contributed by atoms with Gasteiger partial charge in [0.2, 0.25) is 0 Å². The maximum Gasteiger partial charge on any atom is 0.399 e. The molecule has 0 spiro atoms. The van der Waals surface area contributed by atoms with Gasteiger partial charge in [0.25, 0.3) is 0 Å². The molecule has 0 atom stereocenters. The molecule has 0 heterocycles.